The first-order chi connectivity index (χ1) is 10.3. The lowest BCUT2D eigenvalue weighted by Gasteiger charge is -2.23. The van der Waals surface area contributed by atoms with Crippen LogP contribution in [-0.2, 0) is 16.8 Å². The molecule has 0 spiro atoms. The Kier molecular flexibility index (Phi) is 2.44. The molecule has 6 nitrogen and oxygen atoms in total. The largest absolute Gasteiger partial charge is 0.469 e. The van der Waals surface area contributed by atoms with E-state index in [1.807, 2.05) is 6.07 Å². The summed E-state index contributed by atoms with van der Waals surface area (Å²) in [6, 6.07) is 7.22. The van der Waals surface area contributed by atoms with E-state index in [9.17, 15) is 4.79 Å². The van der Waals surface area contributed by atoms with Crippen LogP contribution >= 0.6 is 0 Å². The Hall–Kier alpha value is -2.89. The van der Waals surface area contributed by atoms with Crippen molar-refractivity contribution in [3.63, 3.8) is 0 Å². The highest BCUT2D eigenvalue weighted by atomic mass is 16.3. The smallest absolute Gasteiger partial charge is 0.266 e. The fourth-order valence-electron chi connectivity index (χ4n) is 2.72. The molecular weight excluding hydrogens is 270 g/mol. The third kappa shape index (κ3) is 1.69. The van der Waals surface area contributed by atoms with E-state index in [2.05, 4.69) is 10.6 Å². The quantitative estimate of drug-likeness (QED) is 0.895. The number of nitrogens with one attached hydrogen (secondary N) is 2. The topological polar surface area (TPSA) is 70.7 Å². The minimum absolute atomic E-state index is 0.0992. The maximum atomic E-state index is 12.9. The molecule has 2 aliphatic rings. The third-order valence-corrected chi connectivity index (χ3v) is 3.69. The summed E-state index contributed by atoms with van der Waals surface area (Å²) in [7, 11) is 0. The molecule has 0 radical (unpaired) electrons. The number of furan rings is 2. The van der Waals surface area contributed by atoms with Crippen molar-refractivity contribution in [3.8, 4) is 0 Å². The molecule has 0 bridgehead atoms. The van der Waals surface area contributed by atoms with Gasteiger partial charge in [0.2, 0.25) is 0 Å². The average Bonchev–Trinajstić information content (AvgIpc) is 3.22. The molecule has 0 aromatic carbocycles. The Morgan fingerprint density at radius 3 is 2.76 bits per heavy atom. The summed E-state index contributed by atoms with van der Waals surface area (Å²) in [5.74, 6) is 1.86. The number of nitrogens with zero attached hydrogens (tertiary/aromatic N) is 1. The van der Waals surface area contributed by atoms with Gasteiger partial charge in [0.25, 0.3) is 5.91 Å². The Labute approximate surface area is 120 Å². The second kappa shape index (κ2) is 4.31. The summed E-state index contributed by atoms with van der Waals surface area (Å²) in [4.78, 5) is 14.5. The number of carbonyl (C=O) groups is 1. The highest BCUT2D eigenvalue weighted by Gasteiger charge is 2.53. The van der Waals surface area contributed by atoms with Crippen LogP contribution in [0.2, 0.25) is 0 Å². The van der Waals surface area contributed by atoms with Crippen LogP contribution in [0.5, 0.6) is 0 Å². The zero-order chi connectivity index (χ0) is 14.3. The summed E-state index contributed by atoms with van der Waals surface area (Å²) in [5, 5.41) is 6.23. The van der Waals surface area contributed by atoms with Crippen LogP contribution in [0, 0.1) is 0 Å². The van der Waals surface area contributed by atoms with Gasteiger partial charge in [-0.05, 0) is 24.3 Å². The molecule has 21 heavy (non-hydrogen) atoms. The first kappa shape index (κ1) is 11.9. The molecule has 0 aliphatic carbocycles. The van der Waals surface area contributed by atoms with Gasteiger partial charge in [0.1, 0.15) is 17.3 Å². The van der Waals surface area contributed by atoms with Crippen LogP contribution in [0.15, 0.2) is 70.0 Å². The summed E-state index contributed by atoms with van der Waals surface area (Å²) in [6.45, 7) is 0. The molecular formula is C15H13N3O3. The zero-order valence-electron chi connectivity index (χ0n) is 11.1. The van der Waals surface area contributed by atoms with Crippen molar-refractivity contribution >= 4 is 5.91 Å². The molecule has 1 fully saturated rings. The third-order valence-electron chi connectivity index (χ3n) is 3.69. The van der Waals surface area contributed by atoms with Crippen LogP contribution in [0.4, 0.5) is 0 Å². The highest BCUT2D eigenvalue weighted by molar-refractivity contribution is 5.92. The van der Waals surface area contributed by atoms with Gasteiger partial charge in [-0.2, -0.15) is 0 Å². The second-order valence-corrected chi connectivity index (χ2v) is 4.95. The van der Waals surface area contributed by atoms with E-state index in [1.165, 1.54) is 0 Å². The normalized spacial score (nSPS) is 23.5. The van der Waals surface area contributed by atoms with Gasteiger partial charge in [-0.25, -0.2) is 0 Å². The van der Waals surface area contributed by atoms with E-state index < -0.39 is 5.54 Å². The van der Waals surface area contributed by atoms with E-state index in [-0.39, 0.29) is 5.91 Å². The number of hydrogen-bond donors (Lipinski definition) is 2. The molecule has 2 aromatic heterocycles. The van der Waals surface area contributed by atoms with Crippen molar-refractivity contribution in [3.05, 3.63) is 72.7 Å². The van der Waals surface area contributed by atoms with Crippen molar-refractivity contribution in [1.29, 1.82) is 0 Å². The molecule has 2 N–H and O–H groups in total. The Morgan fingerprint density at radius 1 is 1.19 bits per heavy atom. The minimum atomic E-state index is -0.996. The molecule has 4 rings (SSSR count). The lowest BCUT2D eigenvalue weighted by atomic mass is 9.90. The van der Waals surface area contributed by atoms with Crippen molar-refractivity contribution in [2.24, 2.45) is 0 Å². The summed E-state index contributed by atoms with van der Waals surface area (Å²) >= 11 is 0. The maximum absolute atomic E-state index is 12.9. The van der Waals surface area contributed by atoms with Crippen LogP contribution in [-0.4, -0.2) is 10.8 Å². The van der Waals surface area contributed by atoms with Gasteiger partial charge in [-0.15, -0.1) is 0 Å². The van der Waals surface area contributed by atoms with Crippen LogP contribution in [0.25, 0.3) is 0 Å². The van der Waals surface area contributed by atoms with Gasteiger partial charge in [0.15, 0.2) is 5.54 Å². The Balaban J connectivity index is 1.81. The lowest BCUT2D eigenvalue weighted by molar-refractivity contribution is -0.130. The van der Waals surface area contributed by atoms with Gasteiger partial charge in [0.05, 0.1) is 12.5 Å². The molecule has 4 heterocycles. The molecule has 2 aliphatic heterocycles. The zero-order valence-corrected chi connectivity index (χ0v) is 11.1. The van der Waals surface area contributed by atoms with Crippen LogP contribution in [0.1, 0.15) is 11.5 Å². The average molecular weight is 283 g/mol. The first-order valence-corrected chi connectivity index (χ1v) is 6.61. The number of hydrogen-bond acceptors (Lipinski definition) is 5. The maximum Gasteiger partial charge on any atom is 0.266 e. The van der Waals surface area contributed by atoms with E-state index in [0.29, 0.717) is 23.8 Å². The summed E-state index contributed by atoms with van der Waals surface area (Å²) in [5.41, 5.74) is -0.996. The predicted molar refractivity (Wildman–Crippen MR) is 73.1 cm³/mol. The molecule has 1 saturated heterocycles. The number of carbonyl (C=O) groups excluding carboxylic acids is 1. The van der Waals surface area contributed by atoms with Crippen molar-refractivity contribution in [2.45, 2.75) is 12.0 Å². The molecule has 0 saturated carbocycles. The molecule has 2 aromatic rings. The van der Waals surface area contributed by atoms with E-state index in [4.69, 9.17) is 8.83 Å². The molecule has 1 amide bonds. The Morgan fingerprint density at radius 2 is 2.05 bits per heavy atom. The molecule has 106 valence electrons. The monoisotopic (exact) mass is 283 g/mol. The van der Waals surface area contributed by atoms with Gasteiger partial charge < -0.3 is 19.5 Å². The lowest BCUT2D eigenvalue weighted by Crippen LogP contribution is -2.44. The summed E-state index contributed by atoms with van der Waals surface area (Å²) < 4.78 is 10.9. The van der Waals surface area contributed by atoms with Crippen molar-refractivity contribution < 1.29 is 13.6 Å². The second-order valence-electron chi connectivity index (χ2n) is 4.95. The minimum Gasteiger partial charge on any atom is -0.469 e. The van der Waals surface area contributed by atoms with Gasteiger partial charge in [0, 0.05) is 25.0 Å². The fraction of sp³-hybridized carbons (Fsp3) is 0.133. The molecule has 1 atom stereocenters. The van der Waals surface area contributed by atoms with Crippen molar-refractivity contribution in [1.82, 2.24) is 15.5 Å². The van der Waals surface area contributed by atoms with Crippen LogP contribution in [0.3, 0.4) is 0 Å². The number of fused-ring (bicyclic) bond motifs is 1. The van der Waals surface area contributed by atoms with Gasteiger partial charge in [-0.3, -0.25) is 9.69 Å². The van der Waals surface area contributed by atoms with E-state index in [0.717, 1.165) is 0 Å². The fourth-order valence-corrected chi connectivity index (χ4v) is 2.72. The van der Waals surface area contributed by atoms with Crippen LogP contribution < -0.4 is 10.6 Å². The number of amides is 1. The SMILES string of the molecule is O=C1N2C=CNC=C2NC1(Cc1ccco1)c1ccco1. The highest BCUT2D eigenvalue weighted by Crippen LogP contribution is 2.36. The van der Waals surface area contributed by atoms with E-state index >= 15 is 0 Å². The van der Waals surface area contributed by atoms with Gasteiger partial charge in [-0.1, -0.05) is 0 Å². The molecule has 1 unspecified atom stereocenters. The predicted octanol–water partition coefficient (Wildman–Crippen LogP) is 1.62. The summed E-state index contributed by atoms with van der Waals surface area (Å²) in [6.07, 6.45) is 8.66. The van der Waals surface area contributed by atoms with E-state index in [1.54, 1.807) is 54.2 Å². The standard InChI is InChI=1S/C15H13N3O3/c19-14-15(12-4-2-8-21-12,9-11-3-1-7-20-11)17-13-10-16-5-6-18(13)14/h1-8,10,16-17H,9H2. The first-order valence-electron chi connectivity index (χ1n) is 6.61. The number of rotatable bonds is 3. The van der Waals surface area contributed by atoms with Crippen molar-refractivity contribution in [2.75, 3.05) is 0 Å². The Bertz CT molecular complexity index is 715. The molecule has 6 heteroatoms. The van der Waals surface area contributed by atoms with Gasteiger partial charge >= 0.3 is 0 Å².